The van der Waals surface area contributed by atoms with Crippen LogP contribution in [0.25, 0.3) is 0 Å². The highest BCUT2D eigenvalue weighted by atomic mass is 35.5. The van der Waals surface area contributed by atoms with Crippen molar-refractivity contribution in [3.63, 3.8) is 0 Å². The van der Waals surface area contributed by atoms with Crippen LogP contribution in [0.2, 0.25) is 5.02 Å². The van der Waals surface area contributed by atoms with Crippen LogP contribution in [0.1, 0.15) is 22.4 Å². The molecule has 1 aromatic heterocycles. The highest BCUT2D eigenvalue weighted by Crippen LogP contribution is 2.27. The Labute approximate surface area is 237 Å². The van der Waals surface area contributed by atoms with E-state index in [4.69, 9.17) is 21.4 Å². The maximum Gasteiger partial charge on any atom is 0.242 e. The quantitative estimate of drug-likeness (QED) is 0.259. The van der Waals surface area contributed by atoms with E-state index >= 15 is 0 Å². The predicted molar refractivity (Wildman–Crippen MR) is 150 cm³/mol. The van der Waals surface area contributed by atoms with Gasteiger partial charge in [-0.05, 0) is 42.8 Å². The highest BCUT2D eigenvalue weighted by molar-refractivity contribution is 6.30. The Morgan fingerprint density at radius 1 is 0.949 bits per heavy atom. The molecule has 0 atom stereocenters. The van der Waals surface area contributed by atoms with Crippen LogP contribution in [-0.4, -0.2) is 40.2 Å². The summed E-state index contributed by atoms with van der Waals surface area (Å²) in [6.45, 7) is 3.68. The van der Waals surface area contributed by atoms with E-state index in [1.54, 1.807) is 15.9 Å². The molecule has 1 aliphatic heterocycles. The van der Waals surface area contributed by atoms with Gasteiger partial charge in [0.25, 0.3) is 0 Å². The maximum atomic E-state index is 14.1. The highest BCUT2D eigenvalue weighted by Gasteiger charge is 2.28. The molecule has 0 bridgehead atoms. The molecule has 1 saturated heterocycles. The van der Waals surface area contributed by atoms with Crippen LogP contribution in [0, 0.1) is 18.6 Å². The van der Waals surface area contributed by atoms with Gasteiger partial charge in [-0.1, -0.05) is 48.0 Å². The first-order valence-corrected chi connectivity index (χ1v) is 12.7. The van der Waals surface area contributed by atoms with Gasteiger partial charge in [-0.2, -0.15) is 5.10 Å². The first-order chi connectivity index (χ1) is 18.4. The third-order valence-electron chi connectivity index (χ3n) is 6.57. The van der Waals surface area contributed by atoms with Crippen molar-refractivity contribution in [3.8, 4) is 5.75 Å². The van der Waals surface area contributed by atoms with Crippen molar-refractivity contribution < 1.29 is 18.3 Å². The Kier molecular flexibility index (Phi) is 9.22. The first kappa shape index (κ1) is 28.5. The number of piperazine rings is 1. The Bertz CT molecular complexity index is 1430. The fourth-order valence-corrected chi connectivity index (χ4v) is 4.69. The molecule has 4 aromatic rings. The second kappa shape index (κ2) is 12.6. The van der Waals surface area contributed by atoms with Crippen molar-refractivity contribution in [2.24, 2.45) is 0 Å². The van der Waals surface area contributed by atoms with Crippen molar-refractivity contribution in [3.05, 3.63) is 112 Å². The number of anilines is 1. The monoisotopic (exact) mass is 572 g/mol. The van der Waals surface area contributed by atoms with Crippen molar-refractivity contribution in [2.75, 3.05) is 24.5 Å². The number of rotatable bonds is 8. The summed E-state index contributed by atoms with van der Waals surface area (Å²) in [5.74, 6) is -0.144. The number of aryl methyl sites for hydroxylation is 1. The second-order valence-corrected chi connectivity index (χ2v) is 9.72. The van der Waals surface area contributed by atoms with Gasteiger partial charge >= 0.3 is 0 Å². The lowest BCUT2D eigenvalue weighted by Gasteiger charge is -2.33. The van der Waals surface area contributed by atoms with Gasteiger partial charge in [0.05, 0.1) is 13.1 Å². The molecule has 1 fully saturated rings. The molecule has 204 valence electrons. The molecule has 0 N–H and O–H groups in total. The summed E-state index contributed by atoms with van der Waals surface area (Å²) in [7, 11) is 0. The SMILES string of the molecule is Cc1cc(N2CCN(Cc3c(F)cccc3F)CC2=O)nn1Cc1cc(Cl)ccc1OCc1ccccc1.Cl. The molecule has 1 amide bonds. The van der Waals surface area contributed by atoms with Crippen molar-refractivity contribution >= 4 is 35.7 Å². The number of benzene rings is 3. The molecule has 0 spiro atoms. The third-order valence-corrected chi connectivity index (χ3v) is 6.80. The number of aromatic nitrogens is 2. The number of carbonyl (C=O) groups is 1. The largest absolute Gasteiger partial charge is 0.489 e. The van der Waals surface area contributed by atoms with E-state index in [0.29, 0.717) is 42.8 Å². The number of halogens is 4. The summed E-state index contributed by atoms with van der Waals surface area (Å²) in [5, 5.41) is 5.28. The summed E-state index contributed by atoms with van der Waals surface area (Å²) in [6, 6.07) is 21.0. The lowest BCUT2D eigenvalue weighted by Crippen LogP contribution is -2.50. The molecule has 3 aromatic carbocycles. The number of ether oxygens (including phenoxy) is 1. The third kappa shape index (κ3) is 6.76. The Morgan fingerprint density at radius 2 is 1.69 bits per heavy atom. The zero-order valence-electron chi connectivity index (χ0n) is 21.3. The van der Waals surface area contributed by atoms with Gasteiger partial charge in [-0.25, -0.2) is 8.78 Å². The van der Waals surface area contributed by atoms with Crippen molar-refractivity contribution in [1.29, 1.82) is 0 Å². The normalized spacial score (nSPS) is 13.8. The molecular formula is C29H28Cl2F2N4O2. The average Bonchev–Trinajstić information content (AvgIpc) is 3.26. The molecule has 39 heavy (non-hydrogen) atoms. The molecule has 0 unspecified atom stereocenters. The summed E-state index contributed by atoms with van der Waals surface area (Å²) in [6.07, 6.45) is 0. The Balaban J connectivity index is 0.00000353. The zero-order chi connectivity index (χ0) is 26.6. The number of hydrogen-bond acceptors (Lipinski definition) is 4. The maximum absolute atomic E-state index is 14.1. The van der Waals surface area contributed by atoms with E-state index in [0.717, 1.165) is 16.8 Å². The van der Waals surface area contributed by atoms with Crippen molar-refractivity contribution in [2.45, 2.75) is 26.6 Å². The molecule has 0 aliphatic carbocycles. The van der Waals surface area contributed by atoms with Gasteiger partial charge in [-0.15, -0.1) is 12.4 Å². The van der Waals surface area contributed by atoms with Gasteiger partial charge in [0.2, 0.25) is 5.91 Å². The summed E-state index contributed by atoms with van der Waals surface area (Å²) < 4.78 is 36.0. The minimum absolute atomic E-state index is 0. The Hall–Kier alpha value is -3.46. The minimum atomic E-state index is -0.609. The first-order valence-electron chi connectivity index (χ1n) is 12.3. The van der Waals surface area contributed by atoms with Gasteiger partial charge in [0.15, 0.2) is 5.82 Å². The molecule has 5 rings (SSSR count). The molecule has 0 radical (unpaired) electrons. The lowest BCUT2D eigenvalue weighted by atomic mass is 10.1. The zero-order valence-corrected chi connectivity index (χ0v) is 22.9. The fraction of sp³-hybridized carbons (Fsp3) is 0.241. The van der Waals surface area contributed by atoms with Gasteiger partial charge in [0, 0.05) is 47.5 Å². The molecular weight excluding hydrogens is 545 g/mol. The summed E-state index contributed by atoms with van der Waals surface area (Å²) in [5.41, 5.74) is 2.77. The number of hydrogen-bond donors (Lipinski definition) is 0. The van der Waals surface area contributed by atoms with Crippen LogP contribution in [-0.2, 0) is 24.5 Å². The van der Waals surface area contributed by atoms with Crippen molar-refractivity contribution in [1.82, 2.24) is 14.7 Å². The van der Waals surface area contributed by atoms with Crippen LogP contribution in [0.3, 0.4) is 0 Å². The summed E-state index contributed by atoms with van der Waals surface area (Å²) >= 11 is 6.29. The minimum Gasteiger partial charge on any atom is -0.489 e. The molecule has 1 aliphatic rings. The van der Waals surface area contributed by atoms with Gasteiger partial charge in [0.1, 0.15) is 24.0 Å². The van der Waals surface area contributed by atoms with Gasteiger partial charge in [-0.3, -0.25) is 19.3 Å². The van der Waals surface area contributed by atoms with E-state index in [1.807, 2.05) is 60.1 Å². The Morgan fingerprint density at radius 3 is 2.41 bits per heavy atom. The van der Waals surface area contributed by atoms with Crippen LogP contribution in [0.15, 0.2) is 72.8 Å². The van der Waals surface area contributed by atoms with Crippen LogP contribution < -0.4 is 9.64 Å². The molecule has 6 nitrogen and oxygen atoms in total. The number of amides is 1. The van der Waals surface area contributed by atoms with E-state index < -0.39 is 11.6 Å². The smallest absolute Gasteiger partial charge is 0.242 e. The molecule has 10 heteroatoms. The van der Waals surface area contributed by atoms with Crippen LogP contribution >= 0.6 is 24.0 Å². The summed E-state index contributed by atoms with van der Waals surface area (Å²) in [4.78, 5) is 16.3. The fourth-order valence-electron chi connectivity index (χ4n) is 4.50. The van der Waals surface area contributed by atoms with E-state index in [2.05, 4.69) is 0 Å². The van der Waals surface area contributed by atoms with Gasteiger partial charge < -0.3 is 4.74 Å². The van der Waals surface area contributed by atoms with Crippen LogP contribution in [0.5, 0.6) is 5.75 Å². The van der Waals surface area contributed by atoms with Crippen LogP contribution in [0.4, 0.5) is 14.6 Å². The molecule has 0 saturated carbocycles. The number of nitrogens with zero attached hydrogens (tertiary/aromatic N) is 4. The lowest BCUT2D eigenvalue weighted by molar-refractivity contribution is -0.121. The average molecular weight is 573 g/mol. The standard InChI is InChI=1S/C29H27ClF2N4O2.ClH/c1-20-14-28(35-13-12-34(18-29(35)37)17-24-25(31)8-5-9-26(24)32)33-36(20)16-22-15-23(30)10-11-27(22)38-19-21-6-3-2-4-7-21;/h2-11,14-15H,12-13,16-19H2,1H3;1H. The van der Waals surface area contributed by atoms with E-state index in [9.17, 15) is 13.6 Å². The molecule has 2 heterocycles. The topological polar surface area (TPSA) is 50.6 Å². The van der Waals surface area contributed by atoms with E-state index in [-0.39, 0.29) is 37.0 Å². The van der Waals surface area contributed by atoms with E-state index in [1.165, 1.54) is 18.2 Å². The predicted octanol–water partition coefficient (Wildman–Crippen LogP) is 6.02. The number of carbonyl (C=O) groups excluding carboxylic acids is 1. The second-order valence-electron chi connectivity index (χ2n) is 9.28.